The maximum Gasteiger partial charge on any atom is 0.344 e. The summed E-state index contributed by atoms with van der Waals surface area (Å²) in [5, 5.41) is 9.63. The van der Waals surface area contributed by atoms with Crippen LogP contribution in [-0.2, 0) is 9.53 Å². The number of carbonyl (C=O) groups excluding carboxylic acids is 1. The predicted octanol–water partition coefficient (Wildman–Crippen LogP) is 4.56. The van der Waals surface area contributed by atoms with Crippen LogP contribution in [0.25, 0.3) is 0 Å². The van der Waals surface area contributed by atoms with E-state index in [1.807, 2.05) is 31.2 Å². The number of halogens is 1. The van der Waals surface area contributed by atoms with Gasteiger partial charge in [0.15, 0.2) is 6.61 Å². The number of benzene rings is 2. The van der Waals surface area contributed by atoms with E-state index in [2.05, 4.69) is 15.9 Å². The molecule has 23 heavy (non-hydrogen) atoms. The number of aromatic hydroxyl groups is 1. The van der Waals surface area contributed by atoms with Crippen molar-refractivity contribution in [3.8, 4) is 11.5 Å². The second-order valence-corrected chi connectivity index (χ2v) is 6.83. The van der Waals surface area contributed by atoms with Crippen LogP contribution in [0.4, 0.5) is 0 Å². The van der Waals surface area contributed by atoms with Crippen LogP contribution >= 0.6 is 27.7 Å². The first-order valence-electron chi connectivity index (χ1n) is 7.04. The number of ether oxygens (including phenoxy) is 2. The van der Waals surface area contributed by atoms with Gasteiger partial charge < -0.3 is 14.6 Å². The molecule has 0 radical (unpaired) electrons. The minimum atomic E-state index is -0.380. The first kappa shape index (κ1) is 17.7. The standard InChI is InChI=1S/C17H17BrO4S/c1-3-21-17(20)10-22-16-5-4-14(6-11(16)2)23-15-8-12(18)7-13(19)9-15/h4-9,19H,3,10H2,1-2H3. The van der Waals surface area contributed by atoms with Crippen molar-refractivity contribution in [2.45, 2.75) is 23.6 Å². The van der Waals surface area contributed by atoms with E-state index in [0.717, 1.165) is 19.8 Å². The molecule has 4 nitrogen and oxygen atoms in total. The van der Waals surface area contributed by atoms with Gasteiger partial charge in [-0.1, -0.05) is 27.7 Å². The third-order valence-corrected chi connectivity index (χ3v) is 4.31. The molecule has 0 heterocycles. The van der Waals surface area contributed by atoms with Crippen LogP contribution in [0, 0.1) is 6.92 Å². The summed E-state index contributed by atoms with van der Waals surface area (Å²) in [6.45, 7) is 3.93. The van der Waals surface area contributed by atoms with Gasteiger partial charge in [0, 0.05) is 14.3 Å². The van der Waals surface area contributed by atoms with Gasteiger partial charge in [0.2, 0.25) is 0 Å². The summed E-state index contributed by atoms with van der Waals surface area (Å²) in [6, 6.07) is 11.0. The Balaban J connectivity index is 2.05. The second-order valence-electron chi connectivity index (χ2n) is 4.77. The molecule has 0 saturated heterocycles. The Hall–Kier alpha value is -1.66. The first-order chi connectivity index (χ1) is 11.0. The molecule has 0 atom stereocenters. The highest BCUT2D eigenvalue weighted by Gasteiger charge is 2.07. The smallest absolute Gasteiger partial charge is 0.344 e. The molecule has 0 fully saturated rings. The van der Waals surface area contributed by atoms with Gasteiger partial charge in [0.05, 0.1) is 6.61 Å². The highest BCUT2D eigenvalue weighted by atomic mass is 79.9. The monoisotopic (exact) mass is 396 g/mol. The van der Waals surface area contributed by atoms with Crippen LogP contribution in [0.5, 0.6) is 11.5 Å². The Morgan fingerprint density at radius 1 is 1.22 bits per heavy atom. The Bertz CT molecular complexity index is 683. The maximum atomic E-state index is 11.3. The molecule has 6 heteroatoms. The molecular formula is C17H17BrO4S. The normalized spacial score (nSPS) is 10.4. The number of phenolic OH excluding ortho intramolecular Hbond substituents is 1. The molecule has 1 N–H and O–H groups in total. The molecule has 0 spiro atoms. The van der Waals surface area contributed by atoms with Crippen LogP contribution < -0.4 is 4.74 Å². The second kappa shape index (κ2) is 8.26. The summed E-state index contributed by atoms with van der Waals surface area (Å²) in [5.41, 5.74) is 0.929. The van der Waals surface area contributed by atoms with Gasteiger partial charge in [0.25, 0.3) is 0 Å². The lowest BCUT2D eigenvalue weighted by molar-refractivity contribution is -0.145. The number of hydrogen-bond acceptors (Lipinski definition) is 5. The molecule has 0 aliphatic carbocycles. The zero-order valence-corrected chi connectivity index (χ0v) is 15.2. The van der Waals surface area contributed by atoms with Crippen LogP contribution in [0.1, 0.15) is 12.5 Å². The lowest BCUT2D eigenvalue weighted by Gasteiger charge is -2.10. The fourth-order valence-corrected chi connectivity index (χ4v) is 3.57. The Morgan fingerprint density at radius 3 is 2.65 bits per heavy atom. The molecule has 2 rings (SSSR count). The number of rotatable bonds is 6. The van der Waals surface area contributed by atoms with Crippen molar-refractivity contribution in [1.29, 1.82) is 0 Å². The number of carbonyl (C=O) groups is 1. The van der Waals surface area contributed by atoms with Crippen molar-refractivity contribution < 1.29 is 19.4 Å². The Kier molecular flexibility index (Phi) is 6.36. The first-order valence-corrected chi connectivity index (χ1v) is 8.65. The van der Waals surface area contributed by atoms with E-state index in [0.29, 0.717) is 12.4 Å². The van der Waals surface area contributed by atoms with Crippen LogP contribution in [0.15, 0.2) is 50.7 Å². The molecule has 0 aliphatic heterocycles. The van der Waals surface area contributed by atoms with Crippen molar-refractivity contribution in [2.75, 3.05) is 13.2 Å². The molecule has 0 unspecified atom stereocenters. The SMILES string of the molecule is CCOC(=O)COc1ccc(Sc2cc(O)cc(Br)c2)cc1C. The number of phenols is 1. The number of esters is 1. The summed E-state index contributed by atoms with van der Waals surface area (Å²) in [5.74, 6) is 0.488. The van der Waals surface area contributed by atoms with Crippen molar-refractivity contribution in [2.24, 2.45) is 0 Å². The van der Waals surface area contributed by atoms with E-state index in [1.165, 1.54) is 11.8 Å². The summed E-state index contributed by atoms with van der Waals surface area (Å²) in [7, 11) is 0. The number of aryl methyl sites for hydroxylation is 1. The van der Waals surface area contributed by atoms with E-state index < -0.39 is 0 Å². The lowest BCUT2D eigenvalue weighted by Crippen LogP contribution is -2.14. The maximum absolute atomic E-state index is 11.3. The third-order valence-electron chi connectivity index (χ3n) is 2.89. The van der Waals surface area contributed by atoms with E-state index in [9.17, 15) is 9.90 Å². The van der Waals surface area contributed by atoms with Crippen LogP contribution in [0.3, 0.4) is 0 Å². The van der Waals surface area contributed by atoms with Gasteiger partial charge in [-0.2, -0.15) is 0 Å². The van der Waals surface area contributed by atoms with E-state index in [4.69, 9.17) is 9.47 Å². The van der Waals surface area contributed by atoms with E-state index in [-0.39, 0.29) is 18.3 Å². The van der Waals surface area contributed by atoms with E-state index in [1.54, 1.807) is 19.1 Å². The third kappa shape index (κ3) is 5.48. The highest BCUT2D eigenvalue weighted by Crippen LogP contribution is 2.34. The molecule has 2 aromatic carbocycles. The topological polar surface area (TPSA) is 55.8 Å². The zero-order chi connectivity index (χ0) is 16.8. The van der Waals surface area contributed by atoms with Crippen LogP contribution in [0.2, 0.25) is 0 Å². The Labute approximate surface area is 147 Å². The van der Waals surface area contributed by atoms with Gasteiger partial charge in [0.1, 0.15) is 11.5 Å². The summed E-state index contributed by atoms with van der Waals surface area (Å²) in [4.78, 5) is 13.3. The molecule has 0 saturated carbocycles. The molecule has 0 amide bonds. The van der Waals surface area contributed by atoms with Gasteiger partial charge >= 0.3 is 5.97 Å². The Morgan fingerprint density at radius 2 is 2.00 bits per heavy atom. The average molecular weight is 397 g/mol. The van der Waals surface area contributed by atoms with Gasteiger partial charge in [-0.05, 0) is 55.8 Å². The molecule has 0 aliphatic rings. The van der Waals surface area contributed by atoms with Crippen molar-refractivity contribution in [3.05, 3.63) is 46.4 Å². The summed E-state index contributed by atoms with van der Waals surface area (Å²) >= 11 is 4.90. The lowest BCUT2D eigenvalue weighted by atomic mass is 10.2. The van der Waals surface area contributed by atoms with Crippen molar-refractivity contribution >= 4 is 33.7 Å². The zero-order valence-electron chi connectivity index (χ0n) is 12.8. The largest absolute Gasteiger partial charge is 0.508 e. The molecule has 2 aromatic rings. The van der Waals surface area contributed by atoms with Gasteiger partial charge in [-0.25, -0.2) is 4.79 Å². The summed E-state index contributed by atoms with van der Waals surface area (Å²) in [6.07, 6.45) is 0. The van der Waals surface area contributed by atoms with Crippen molar-refractivity contribution in [1.82, 2.24) is 0 Å². The van der Waals surface area contributed by atoms with E-state index >= 15 is 0 Å². The quantitative estimate of drug-likeness (QED) is 0.725. The van der Waals surface area contributed by atoms with Gasteiger partial charge in [-0.15, -0.1) is 0 Å². The molecular weight excluding hydrogens is 380 g/mol. The van der Waals surface area contributed by atoms with Gasteiger partial charge in [-0.3, -0.25) is 0 Å². The molecule has 122 valence electrons. The fourth-order valence-electron chi connectivity index (χ4n) is 1.93. The predicted molar refractivity (Wildman–Crippen MR) is 93.2 cm³/mol. The highest BCUT2D eigenvalue weighted by molar-refractivity contribution is 9.10. The minimum Gasteiger partial charge on any atom is -0.508 e. The molecule has 0 bridgehead atoms. The average Bonchev–Trinajstić information content (AvgIpc) is 2.45. The number of hydrogen-bond donors (Lipinski definition) is 1. The van der Waals surface area contributed by atoms with Crippen molar-refractivity contribution in [3.63, 3.8) is 0 Å². The molecule has 0 aromatic heterocycles. The van der Waals surface area contributed by atoms with Crippen LogP contribution in [-0.4, -0.2) is 24.3 Å². The summed E-state index contributed by atoms with van der Waals surface area (Å²) < 4.78 is 11.1. The minimum absolute atomic E-state index is 0.0966. The fraction of sp³-hybridized carbons (Fsp3) is 0.235.